The van der Waals surface area contributed by atoms with Crippen LogP contribution in [0, 0.1) is 0 Å². The van der Waals surface area contributed by atoms with Gasteiger partial charge < -0.3 is 10.6 Å². The Morgan fingerprint density at radius 3 is 2.95 bits per heavy atom. The maximum absolute atomic E-state index is 11.4. The van der Waals surface area contributed by atoms with Crippen molar-refractivity contribution in [2.75, 3.05) is 10.6 Å². The Bertz CT molecular complexity index is 686. The smallest absolute Gasteiger partial charge is 0.228 e. The summed E-state index contributed by atoms with van der Waals surface area (Å²) in [5.74, 6) is 0.0171. The predicted molar refractivity (Wildman–Crippen MR) is 87.8 cm³/mol. The molecule has 104 valence electrons. The second-order valence-corrected chi connectivity index (χ2v) is 7.62. The number of rotatable bonds is 3. The first kappa shape index (κ1) is 13.9. The van der Waals surface area contributed by atoms with Gasteiger partial charge in [0.2, 0.25) is 5.91 Å². The number of amides is 1. The highest BCUT2D eigenvalue weighted by Crippen LogP contribution is 2.36. The number of nitrogens with one attached hydrogen (secondary N) is 2. The van der Waals surface area contributed by atoms with Gasteiger partial charge in [-0.05, 0) is 52.7 Å². The summed E-state index contributed by atoms with van der Waals surface area (Å²) < 4.78 is 1.11. The summed E-state index contributed by atoms with van der Waals surface area (Å²) in [6.07, 6.45) is 0.417. The summed E-state index contributed by atoms with van der Waals surface area (Å²) in [4.78, 5) is 12.6. The van der Waals surface area contributed by atoms with Crippen molar-refractivity contribution in [2.24, 2.45) is 0 Å². The highest BCUT2D eigenvalue weighted by atomic mass is 79.9. The molecule has 1 aliphatic heterocycles. The molecule has 2 aromatic rings. The third kappa shape index (κ3) is 2.71. The molecular weight excluding hydrogens is 360 g/mol. The Kier molecular flexibility index (Phi) is 3.75. The van der Waals surface area contributed by atoms with Crippen molar-refractivity contribution in [3.8, 4) is 0 Å². The fourth-order valence-electron chi connectivity index (χ4n) is 2.22. The van der Waals surface area contributed by atoms with E-state index in [0.717, 1.165) is 20.7 Å². The average molecular weight is 372 g/mol. The maximum Gasteiger partial charge on any atom is 0.228 e. The second-order valence-electron chi connectivity index (χ2n) is 4.72. The van der Waals surface area contributed by atoms with Crippen LogP contribution in [0.5, 0.6) is 0 Å². The van der Waals surface area contributed by atoms with Crippen molar-refractivity contribution in [2.45, 2.75) is 19.4 Å². The minimum atomic E-state index is 0.0171. The third-order valence-corrected chi connectivity index (χ3v) is 5.33. The second kappa shape index (κ2) is 5.39. The first-order valence-corrected chi connectivity index (χ1v) is 8.15. The number of halogens is 2. The van der Waals surface area contributed by atoms with Gasteiger partial charge in [-0.25, -0.2) is 0 Å². The van der Waals surface area contributed by atoms with Crippen LogP contribution in [0.4, 0.5) is 11.4 Å². The van der Waals surface area contributed by atoms with Crippen LogP contribution in [0.15, 0.2) is 28.1 Å². The first-order chi connectivity index (χ1) is 9.52. The summed E-state index contributed by atoms with van der Waals surface area (Å²) in [5, 5.41) is 6.82. The van der Waals surface area contributed by atoms with Crippen LogP contribution in [0.2, 0.25) is 5.02 Å². The average Bonchev–Trinajstić information content (AvgIpc) is 2.95. The van der Waals surface area contributed by atoms with Crippen LogP contribution in [-0.2, 0) is 11.2 Å². The van der Waals surface area contributed by atoms with E-state index < -0.39 is 0 Å². The van der Waals surface area contributed by atoms with Gasteiger partial charge >= 0.3 is 0 Å². The number of benzene rings is 1. The van der Waals surface area contributed by atoms with Gasteiger partial charge in [0.15, 0.2) is 0 Å². The number of anilines is 2. The molecule has 2 N–H and O–H groups in total. The number of fused-ring (bicyclic) bond motifs is 1. The number of carbonyl (C=O) groups is 1. The number of hydrogen-bond acceptors (Lipinski definition) is 3. The van der Waals surface area contributed by atoms with E-state index >= 15 is 0 Å². The Morgan fingerprint density at radius 2 is 2.25 bits per heavy atom. The molecule has 1 unspecified atom stereocenters. The van der Waals surface area contributed by atoms with Gasteiger partial charge in [-0.1, -0.05) is 11.6 Å². The molecule has 3 nitrogen and oxygen atoms in total. The molecule has 6 heteroatoms. The molecule has 0 bridgehead atoms. The highest BCUT2D eigenvalue weighted by Gasteiger charge is 2.20. The molecule has 1 aliphatic rings. The molecule has 1 aromatic heterocycles. The van der Waals surface area contributed by atoms with Crippen molar-refractivity contribution in [3.05, 3.63) is 43.5 Å². The van der Waals surface area contributed by atoms with E-state index in [2.05, 4.69) is 39.6 Å². The zero-order chi connectivity index (χ0) is 14.3. The van der Waals surface area contributed by atoms with Gasteiger partial charge in [0.1, 0.15) is 0 Å². The van der Waals surface area contributed by atoms with E-state index in [4.69, 9.17) is 11.6 Å². The fraction of sp³-hybridized carbons (Fsp3) is 0.214. The van der Waals surface area contributed by atoms with Crippen LogP contribution in [0.3, 0.4) is 0 Å². The van der Waals surface area contributed by atoms with E-state index in [1.807, 2.05) is 12.1 Å². The Morgan fingerprint density at radius 1 is 1.45 bits per heavy atom. The van der Waals surface area contributed by atoms with E-state index in [0.29, 0.717) is 11.4 Å². The molecule has 0 saturated heterocycles. The molecule has 2 heterocycles. The molecule has 1 atom stereocenters. The van der Waals surface area contributed by atoms with E-state index in [9.17, 15) is 4.79 Å². The summed E-state index contributed by atoms with van der Waals surface area (Å²) in [5.41, 5.74) is 2.66. The van der Waals surface area contributed by atoms with Crippen LogP contribution >= 0.6 is 38.9 Å². The molecule has 0 radical (unpaired) electrons. The largest absolute Gasteiger partial charge is 0.376 e. The van der Waals surface area contributed by atoms with Crippen molar-refractivity contribution in [3.63, 3.8) is 0 Å². The number of thiophene rings is 1. The van der Waals surface area contributed by atoms with Gasteiger partial charge in [0.05, 0.1) is 27.0 Å². The fourth-order valence-corrected chi connectivity index (χ4v) is 3.87. The minimum Gasteiger partial charge on any atom is -0.376 e. The predicted octanol–water partition coefficient (Wildman–Crippen LogP) is 4.83. The van der Waals surface area contributed by atoms with Gasteiger partial charge in [-0.3, -0.25) is 4.79 Å². The van der Waals surface area contributed by atoms with Crippen molar-refractivity contribution in [1.29, 1.82) is 0 Å². The lowest BCUT2D eigenvalue weighted by molar-refractivity contribution is -0.115. The summed E-state index contributed by atoms with van der Waals surface area (Å²) in [6.45, 7) is 2.09. The van der Waals surface area contributed by atoms with Crippen molar-refractivity contribution in [1.82, 2.24) is 0 Å². The summed E-state index contributed by atoms with van der Waals surface area (Å²) in [6, 6.07) is 8.03. The van der Waals surface area contributed by atoms with Gasteiger partial charge in [0, 0.05) is 10.6 Å². The Balaban J connectivity index is 1.84. The van der Waals surface area contributed by atoms with Crippen LogP contribution in [0.25, 0.3) is 0 Å². The van der Waals surface area contributed by atoms with Gasteiger partial charge in [-0.2, -0.15) is 0 Å². The zero-order valence-corrected chi connectivity index (χ0v) is 13.8. The lowest BCUT2D eigenvalue weighted by Gasteiger charge is -2.16. The van der Waals surface area contributed by atoms with Crippen molar-refractivity contribution >= 4 is 56.1 Å². The lowest BCUT2D eigenvalue weighted by atomic mass is 10.1. The topological polar surface area (TPSA) is 41.1 Å². The summed E-state index contributed by atoms with van der Waals surface area (Å²) >= 11 is 11.4. The van der Waals surface area contributed by atoms with Gasteiger partial charge in [-0.15, -0.1) is 11.3 Å². The molecular formula is C14H12BrClN2OS. The molecule has 0 saturated carbocycles. The van der Waals surface area contributed by atoms with Crippen LogP contribution < -0.4 is 10.6 Å². The zero-order valence-electron chi connectivity index (χ0n) is 10.7. The van der Waals surface area contributed by atoms with Crippen LogP contribution in [-0.4, -0.2) is 5.91 Å². The van der Waals surface area contributed by atoms with E-state index in [1.165, 1.54) is 4.88 Å². The van der Waals surface area contributed by atoms with Crippen molar-refractivity contribution < 1.29 is 4.79 Å². The monoisotopic (exact) mass is 370 g/mol. The SMILES string of the molecule is CC(Nc1cc2c(cc1Cl)NC(=O)C2)c1ccc(Br)s1. The van der Waals surface area contributed by atoms with Gasteiger partial charge in [0.25, 0.3) is 0 Å². The molecule has 3 rings (SSSR count). The molecule has 20 heavy (non-hydrogen) atoms. The van der Waals surface area contributed by atoms with E-state index in [1.54, 1.807) is 17.4 Å². The standard InChI is InChI=1S/C14H12BrClN2OS/c1-7(12-2-3-13(15)20-12)17-11-4-8-5-14(19)18-10(8)6-9(11)16/h2-4,6-7,17H,5H2,1H3,(H,18,19). The normalized spacial score (nSPS) is 14.8. The Hall–Kier alpha value is -1.04. The van der Waals surface area contributed by atoms with Crippen LogP contribution in [0.1, 0.15) is 23.4 Å². The molecule has 0 fully saturated rings. The van der Waals surface area contributed by atoms with E-state index in [-0.39, 0.29) is 11.9 Å². The first-order valence-electron chi connectivity index (χ1n) is 6.17. The third-order valence-electron chi connectivity index (χ3n) is 3.21. The molecule has 1 amide bonds. The molecule has 0 spiro atoms. The quantitative estimate of drug-likeness (QED) is 0.811. The number of carbonyl (C=O) groups excluding carboxylic acids is 1. The Labute approximate surface area is 134 Å². The summed E-state index contributed by atoms with van der Waals surface area (Å²) in [7, 11) is 0. The lowest BCUT2D eigenvalue weighted by Crippen LogP contribution is -2.05. The minimum absolute atomic E-state index is 0.0171. The molecule has 1 aromatic carbocycles. The molecule has 0 aliphatic carbocycles. The maximum atomic E-state index is 11.4. The number of hydrogen-bond donors (Lipinski definition) is 2. The highest BCUT2D eigenvalue weighted by molar-refractivity contribution is 9.11.